The van der Waals surface area contributed by atoms with Crippen LogP contribution in [-0.2, 0) is 0 Å². The minimum atomic E-state index is -2.83. The average molecular weight is 462 g/mol. The Kier molecular flexibility index (Phi) is 10.8. The van der Waals surface area contributed by atoms with Gasteiger partial charge in [0.15, 0.2) is 0 Å². The minimum Gasteiger partial charge on any atom is -0.494 e. The van der Waals surface area contributed by atoms with Crippen molar-refractivity contribution in [3.8, 4) is 5.75 Å². The highest BCUT2D eigenvalue weighted by molar-refractivity contribution is 7.78. The van der Waals surface area contributed by atoms with Gasteiger partial charge in [0.1, 0.15) is 5.75 Å². The highest BCUT2D eigenvalue weighted by Gasteiger charge is 2.34. The lowest BCUT2D eigenvalue weighted by Gasteiger charge is -2.28. The van der Waals surface area contributed by atoms with Crippen LogP contribution in [0.25, 0.3) is 0 Å². The summed E-state index contributed by atoms with van der Waals surface area (Å²) in [5.41, 5.74) is 1.43. The predicted molar refractivity (Wildman–Crippen MR) is 132 cm³/mol. The second-order valence-electron chi connectivity index (χ2n) is 7.41. The largest absolute Gasteiger partial charge is 0.494 e. The summed E-state index contributed by atoms with van der Waals surface area (Å²) in [5, 5.41) is 7.06. The Labute approximate surface area is 190 Å². The number of nitrogens with zero attached hydrogens (tertiary/aromatic N) is 3. The molecule has 4 nitrogen and oxygen atoms in total. The maximum Gasteiger partial charge on any atom is 0.461 e. The highest BCUT2D eigenvalue weighted by Crippen LogP contribution is 2.37. The zero-order chi connectivity index (χ0) is 21.0. The third-order valence-corrected chi connectivity index (χ3v) is 8.69. The van der Waals surface area contributed by atoms with Crippen LogP contribution in [-0.4, -0.2) is 30.6 Å². The molecule has 2 rings (SSSR count). The normalized spacial score (nSPS) is 20.3. The van der Waals surface area contributed by atoms with E-state index in [9.17, 15) is 0 Å². The van der Waals surface area contributed by atoms with Crippen LogP contribution in [0, 0.1) is 5.92 Å². The van der Waals surface area contributed by atoms with Crippen molar-refractivity contribution >= 4 is 60.7 Å². The van der Waals surface area contributed by atoms with Gasteiger partial charge in [-0.05, 0) is 98.3 Å². The third kappa shape index (κ3) is 7.76. The van der Waals surface area contributed by atoms with E-state index in [1.807, 2.05) is 0 Å². The Balaban J connectivity index is 1.83. The lowest BCUT2D eigenvalue weighted by molar-refractivity contribution is 0.306. The fourth-order valence-electron chi connectivity index (χ4n) is 3.99. The summed E-state index contributed by atoms with van der Waals surface area (Å²) in [5.74, 6) is 2.49. The van der Waals surface area contributed by atoms with E-state index >= 15 is 0 Å². The van der Waals surface area contributed by atoms with Crippen LogP contribution in [0.15, 0.2) is 38.2 Å². The van der Waals surface area contributed by atoms with Gasteiger partial charge in [0.05, 0.1) is 22.1 Å². The molecular weight excluding hydrogens is 435 g/mol. The number of thiocarbonyl (C=S) groups is 3. The standard InChI is InChI=1S/C21H27N3OS3Si/c1-2-4-18-5-7-19(8-6-18)20-9-11-21(12-10-20)25-13-3-14-29(22-15-26,23-16-27)24-17-28/h9-12,18-19H,2-8,13-14H2,1H3/t18-,19-. The van der Waals surface area contributed by atoms with Crippen LogP contribution >= 0.6 is 36.7 Å². The van der Waals surface area contributed by atoms with Crippen LogP contribution in [0.5, 0.6) is 5.75 Å². The summed E-state index contributed by atoms with van der Waals surface area (Å²) < 4.78 is 18.2. The van der Waals surface area contributed by atoms with Crippen LogP contribution in [0.1, 0.15) is 63.4 Å². The van der Waals surface area contributed by atoms with Gasteiger partial charge in [0, 0.05) is 6.04 Å². The second kappa shape index (κ2) is 13.0. The van der Waals surface area contributed by atoms with Crippen molar-refractivity contribution in [2.75, 3.05) is 6.61 Å². The Morgan fingerprint density at radius 3 is 2.07 bits per heavy atom. The maximum absolute atomic E-state index is 5.89. The first-order valence-corrected chi connectivity index (χ1v) is 13.4. The summed E-state index contributed by atoms with van der Waals surface area (Å²) in [4.78, 5) is 0. The van der Waals surface area contributed by atoms with E-state index in [1.165, 1.54) is 44.1 Å². The number of isothiocyanates is 3. The summed E-state index contributed by atoms with van der Waals surface area (Å²) in [7, 11) is -2.83. The fraction of sp³-hybridized carbons (Fsp3) is 0.571. The first-order valence-electron chi connectivity index (χ1n) is 10.2. The molecule has 0 N–H and O–H groups in total. The molecule has 0 bridgehead atoms. The molecule has 1 aromatic carbocycles. The van der Waals surface area contributed by atoms with Gasteiger partial charge < -0.3 is 4.74 Å². The van der Waals surface area contributed by atoms with E-state index in [4.69, 9.17) is 41.4 Å². The molecule has 1 fully saturated rings. The zero-order valence-corrected chi connectivity index (χ0v) is 20.3. The molecule has 0 aromatic heterocycles. The Bertz CT molecular complexity index is 744. The predicted octanol–water partition coefficient (Wildman–Crippen LogP) is 6.78. The molecule has 1 aliphatic carbocycles. The Morgan fingerprint density at radius 2 is 1.55 bits per heavy atom. The zero-order valence-electron chi connectivity index (χ0n) is 16.8. The van der Waals surface area contributed by atoms with E-state index in [1.54, 1.807) is 0 Å². The van der Waals surface area contributed by atoms with Gasteiger partial charge >= 0.3 is 8.56 Å². The molecule has 0 saturated heterocycles. The molecule has 1 aromatic rings. The van der Waals surface area contributed by atoms with Gasteiger partial charge in [-0.3, -0.25) is 0 Å². The molecule has 0 unspecified atom stereocenters. The first kappa shape index (κ1) is 23.9. The van der Waals surface area contributed by atoms with E-state index in [-0.39, 0.29) is 0 Å². The van der Waals surface area contributed by atoms with Gasteiger partial charge in [-0.15, -0.1) is 0 Å². The molecule has 0 amide bonds. The molecule has 0 atom stereocenters. The van der Waals surface area contributed by atoms with Crippen LogP contribution in [0.2, 0.25) is 6.04 Å². The van der Waals surface area contributed by atoms with Crippen LogP contribution in [0.4, 0.5) is 0 Å². The number of hydrogen-bond acceptors (Lipinski definition) is 7. The molecule has 1 saturated carbocycles. The number of hydrogen-bond donors (Lipinski definition) is 0. The molecule has 1 aliphatic rings. The van der Waals surface area contributed by atoms with E-state index in [2.05, 4.69) is 60.6 Å². The molecule has 0 heterocycles. The topological polar surface area (TPSA) is 46.3 Å². The number of ether oxygens (including phenoxy) is 1. The summed E-state index contributed by atoms with van der Waals surface area (Å²) in [6.45, 7) is 2.82. The van der Waals surface area contributed by atoms with Crippen molar-refractivity contribution in [1.82, 2.24) is 0 Å². The Hall–Kier alpha value is -1.36. The molecular formula is C21H27N3OS3Si. The molecule has 29 heavy (non-hydrogen) atoms. The molecule has 154 valence electrons. The van der Waals surface area contributed by atoms with E-state index < -0.39 is 8.56 Å². The number of rotatable bonds is 11. The van der Waals surface area contributed by atoms with Crippen molar-refractivity contribution in [3.63, 3.8) is 0 Å². The van der Waals surface area contributed by atoms with Crippen molar-refractivity contribution in [2.24, 2.45) is 19.9 Å². The average Bonchev–Trinajstić information content (AvgIpc) is 2.73. The monoisotopic (exact) mass is 461 g/mol. The van der Waals surface area contributed by atoms with Crippen molar-refractivity contribution in [3.05, 3.63) is 29.8 Å². The minimum absolute atomic E-state index is 0.531. The van der Waals surface area contributed by atoms with Gasteiger partial charge in [-0.1, -0.05) is 31.9 Å². The lowest BCUT2D eigenvalue weighted by Crippen LogP contribution is -2.28. The Morgan fingerprint density at radius 1 is 0.966 bits per heavy atom. The first-order chi connectivity index (χ1) is 14.2. The van der Waals surface area contributed by atoms with Crippen molar-refractivity contribution in [1.29, 1.82) is 0 Å². The summed E-state index contributed by atoms with van der Waals surface area (Å²) in [6.07, 6.45) is 8.72. The van der Waals surface area contributed by atoms with Gasteiger partial charge in [-0.2, -0.15) is 0 Å². The molecule has 0 aliphatic heterocycles. The van der Waals surface area contributed by atoms with Crippen molar-refractivity contribution < 1.29 is 4.74 Å². The van der Waals surface area contributed by atoms with Crippen LogP contribution < -0.4 is 4.74 Å². The van der Waals surface area contributed by atoms with Gasteiger partial charge in [0.2, 0.25) is 0 Å². The smallest absolute Gasteiger partial charge is 0.461 e. The lowest BCUT2D eigenvalue weighted by atomic mass is 9.77. The van der Waals surface area contributed by atoms with Crippen LogP contribution in [0.3, 0.4) is 0 Å². The van der Waals surface area contributed by atoms with E-state index in [0.29, 0.717) is 25.0 Å². The summed E-state index contributed by atoms with van der Waals surface area (Å²) in [6, 6.07) is 9.13. The SMILES string of the molecule is CCC[C@H]1CC[C@H](c2ccc(OCCC[Si](N=C=S)(N=C=S)N=C=S)cc2)CC1. The van der Waals surface area contributed by atoms with Gasteiger partial charge in [-0.25, -0.2) is 14.0 Å². The number of benzene rings is 1. The third-order valence-electron chi connectivity index (χ3n) is 5.49. The fourth-order valence-corrected chi connectivity index (χ4v) is 6.85. The second-order valence-corrected chi connectivity index (χ2v) is 10.7. The van der Waals surface area contributed by atoms with Gasteiger partial charge in [0.25, 0.3) is 0 Å². The quantitative estimate of drug-likeness (QED) is 0.158. The summed E-state index contributed by atoms with van der Waals surface area (Å²) >= 11 is 14.1. The van der Waals surface area contributed by atoms with Crippen molar-refractivity contribution in [2.45, 2.75) is 63.8 Å². The molecule has 8 heteroatoms. The van der Waals surface area contributed by atoms with E-state index in [0.717, 1.165) is 11.7 Å². The molecule has 0 radical (unpaired) electrons. The highest BCUT2D eigenvalue weighted by atomic mass is 32.1. The molecule has 0 spiro atoms. The maximum atomic E-state index is 5.89.